The van der Waals surface area contributed by atoms with Gasteiger partial charge in [-0.25, -0.2) is 0 Å². The monoisotopic (exact) mass is 428 g/mol. The molecule has 24 heavy (non-hydrogen) atoms. The van der Waals surface area contributed by atoms with E-state index in [2.05, 4.69) is 54.2 Å². The Morgan fingerprint density at radius 1 is 0.667 bits per heavy atom. The summed E-state index contributed by atoms with van der Waals surface area (Å²) in [4.78, 5) is 0. The van der Waals surface area contributed by atoms with Crippen molar-refractivity contribution >= 4 is 49.6 Å². The maximum absolute atomic E-state index is 3.42. The largest absolute Gasteiger partial charge is 0.317 e. The van der Waals surface area contributed by atoms with E-state index in [0.29, 0.717) is 6.04 Å². The van der Waals surface area contributed by atoms with Gasteiger partial charge in [-0.05, 0) is 52.0 Å². The lowest BCUT2D eigenvalue weighted by atomic mass is 10.3. The molecule has 4 nitrogen and oxygen atoms in total. The normalized spacial score (nSPS) is 9.83. The van der Waals surface area contributed by atoms with Gasteiger partial charge in [0.1, 0.15) is 0 Å². The molecule has 0 rings (SSSR count). The van der Waals surface area contributed by atoms with Gasteiger partial charge >= 0.3 is 0 Å². The Kier molecular flexibility index (Phi) is 47.0. The molecule has 0 fully saturated rings. The fraction of sp³-hybridized carbons (Fsp3) is 0.875. The van der Waals surface area contributed by atoms with Crippen LogP contribution in [0.15, 0.2) is 12.2 Å². The third-order valence-electron chi connectivity index (χ3n) is 2.91. The molecule has 0 heterocycles. The Balaban J connectivity index is -0.000000301. The van der Waals surface area contributed by atoms with Crippen molar-refractivity contribution in [2.75, 3.05) is 45.8 Å². The van der Waals surface area contributed by atoms with Crippen LogP contribution in [0.25, 0.3) is 0 Å². The first-order chi connectivity index (χ1) is 9.77. The summed E-state index contributed by atoms with van der Waals surface area (Å²) in [6.07, 6.45) is 8.03. The van der Waals surface area contributed by atoms with Gasteiger partial charge in [0, 0.05) is 19.1 Å². The van der Waals surface area contributed by atoms with Crippen molar-refractivity contribution in [1.29, 1.82) is 0 Å². The predicted octanol–water partition coefficient (Wildman–Crippen LogP) is 3.19. The maximum Gasteiger partial charge on any atom is 0.0135 e. The van der Waals surface area contributed by atoms with Gasteiger partial charge in [0.05, 0.1) is 0 Å². The molecule has 0 aromatic rings. The number of halogens is 4. The number of hydrogen-bond donors (Lipinski definition) is 4. The Bertz CT molecular complexity index is 220. The molecule has 0 unspecified atom stereocenters. The van der Waals surface area contributed by atoms with Gasteiger partial charge in [0.15, 0.2) is 0 Å². The zero-order valence-corrected chi connectivity index (χ0v) is 18.7. The van der Waals surface area contributed by atoms with Gasteiger partial charge < -0.3 is 21.3 Å². The van der Waals surface area contributed by atoms with E-state index in [0.717, 1.165) is 45.8 Å². The summed E-state index contributed by atoms with van der Waals surface area (Å²) >= 11 is 0. The minimum atomic E-state index is 0. The average molecular weight is 430 g/mol. The average Bonchev–Trinajstić information content (AvgIpc) is 2.43. The van der Waals surface area contributed by atoms with E-state index in [1.165, 1.54) is 19.3 Å². The zero-order chi connectivity index (χ0) is 14.9. The summed E-state index contributed by atoms with van der Waals surface area (Å²) in [5.41, 5.74) is 0. The molecule has 0 aliphatic rings. The van der Waals surface area contributed by atoms with E-state index in [-0.39, 0.29) is 49.6 Å². The quantitative estimate of drug-likeness (QED) is 0.238. The molecule has 0 spiro atoms. The Morgan fingerprint density at radius 3 is 1.58 bits per heavy atom. The van der Waals surface area contributed by atoms with Crippen molar-refractivity contribution in [1.82, 2.24) is 21.3 Å². The van der Waals surface area contributed by atoms with Gasteiger partial charge in [-0.1, -0.05) is 32.9 Å². The third kappa shape index (κ3) is 34.2. The first kappa shape index (κ1) is 35.8. The van der Waals surface area contributed by atoms with Crippen molar-refractivity contribution < 1.29 is 0 Å². The Labute approximate surface area is 174 Å². The van der Waals surface area contributed by atoms with E-state index in [4.69, 9.17) is 0 Å². The van der Waals surface area contributed by atoms with Gasteiger partial charge in [-0.3, -0.25) is 0 Å². The smallest absolute Gasteiger partial charge is 0.0135 e. The summed E-state index contributed by atoms with van der Waals surface area (Å²) in [6.45, 7) is 14.1. The van der Waals surface area contributed by atoms with Crippen LogP contribution in [-0.2, 0) is 0 Å². The molecule has 0 aliphatic heterocycles. The lowest BCUT2D eigenvalue weighted by molar-refractivity contribution is 0.556. The SMILES string of the molecule is CCCNCCCNCC=CCNCCCNC(C)C.Cl.Cl.Cl.Cl. The second-order valence-electron chi connectivity index (χ2n) is 5.45. The highest BCUT2D eigenvalue weighted by atomic mass is 35.5. The molecular formula is C16H40Cl4N4. The van der Waals surface area contributed by atoms with Gasteiger partial charge in [0.2, 0.25) is 0 Å². The topological polar surface area (TPSA) is 48.1 Å². The van der Waals surface area contributed by atoms with Crippen LogP contribution in [0.5, 0.6) is 0 Å². The summed E-state index contributed by atoms with van der Waals surface area (Å²) < 4.78 is 0. The van der Waals surface area contributed by atoms with Crippen LogP contribution in [0.2, 0.25) is 0 Å². The highest BCUT2D eigenvalue weighted by molar-refractivity contribution is 5.86. The molecule has 0 aromatic carbocycles. The standard InChI is InChI=1S/C16H36N4.4ClH/c1-4-9-17-12-7-13-18-10-5-6-11-19-14-8-15-20-16(2)3;;;;/h5-6,16-20H,4,7-15H2,1-3H3;4*1H. The van der Waals surface area contributed by atoms with Crippen LogP contribution in [0.3, 0.4) is 0 Å². The summed E-state index contributed by atoms with van der Waals surface area (Å²) in [5.74, 6) is 0. The fourth-order valence-corrected chi connectivity index (χ4v) is 1.78. The molecule has 0 amide bonds. The summed E-state index contributed by atoms with van der Waals surface area (Å²) in [6, 6.07) is 0.596. The van der Waals surface area contributed by atoms with Crippen molar-refractivity contribution in [3.63, 3.8) is 0 Å². The minimum absolute atomic E-state index is 0. The lowest BCUT2D eigenvalue weighted by Crippen LogP contribution is -2.27. The number of nitrogens with one attached hydrogen (secondary N) is 4. The van der Waals surface area contributed by atoms with Crippen LogP contribution >= 0.6 is 49.6 Å². The van der Waals surface area contributed by atoms with Crippen LogP contribution in [0.4, 0.5) is 0 Å². The Hall–Kier alpha value is 0.740. The fourth-order valence-electron chi connectivity index (χ4n) is 1.78. The van der Waals surface area contributed by atoms with Crippen LogP contribution in [0, 0.1) is 0 Å². The highest BCUT2D eigenvalue weighted by Crippen LogP contribution is 1.80. The second-order valence-corrected chi connectivity index (χ2v) is 5.45. The zero-order valence-electron chi connectivity index (χ0n) is 15.4. The van der Waals surface area contributed by atoms with E-state index in [1.54, 1.807) is 0 Å². The molecule has 152 valence electrons. The third-order valence-corrected chi connectivity index (χ3v) is 2.91. The molecule has 0 saturated carbocycles. The van der Waals surface area contributed by atoms with Gasteiger partial charge in [0.25, 0.3) is 0 Å². The maximum atomic E-state index is 3.42. The van der Waals surface area contributed by atoms with E-state index < -0.39 is 0 Å². The minimum Gasteiger partial charge on any atom is -0.317 e. The predicted molar refractivity (Wildman–Crippen MR) is 119 cm³/mol. The van der Waals surface area contributed by atoms with Gasteiger partial charge in [-0.2, -0.15) is 0 Å². The lowest BCUT2D eigenvalue weighted by Gasteiger charge is -2.07. The number of hydrogen-bond acceptors (Lipinski definition) is 4. The molecule has 0 saturated heterocycles. The molecule has 0 aromatic heterocycles. The van der Waals surface area contributed by atoms with Crippen molar-refractivity contribution in [3.05, 3.63) is 12.2 Å². The molecule has 0 atom stereocenters. The molecule has 0 bridgehead atoms. The van der Waals surface area contributed by atoms with Crippen LogP contribution < -0.4 is 21.3 Å². The van der Waals surface area contributed by atoms with Crippen molar-refractivity contribution in [3.8, 4) is 0 Å². The molecule has 8 heteroatoms. The van der Waals surface area contributed by atoms with E-state index in [1.807, 2.05) is 0 Å². The molecular weight excluding hydrogens is 390 g/mol. The van der Waals surface area contributed by atoms with E-state index >= 15 is 0 Å². The van der Waals surface area contributed by atoms with E-state index in [9.17, 15) is 0 Å². The van der Waals surface area contributed by atoms with Crippen LogP contribution in [-0.4, -0.2) is 51.9 Å². The van der Waals surface area contributed by atoms with Crippen molar-refractivity contribution in [2.45, 2.75) is 46.1 Å². The second kappa shape index (κ2) is 31.5. The van der Waals surface area contributed by atoms with Crippen LogP contribution in [0.1, 0.15) is 40.0 Å². The first-order valence-electron chi connectivity index (χ1n) is 8.28. The number of rotatable bonds is 15. The Morgan fingerprint density at radius 2 is 1.12 bits per heavy atom. The summed E-state index contributed by atoms with van der Waals surface area (Å²) in [7, 11) is 0. The summed E-state index contributed by atoms with van der Waals surface area (Å²) in [5, 5.41) is 13.7. The molecule has 0 aliphatic carbocycles. The molecule has 0 radical (unpaired) electrons. The van der Waals surface area contributed by atoms with Gasteiger partial charge in [-0.15, -0.1) is 49.6 Å². The first-order valence-corrected chi connectivity index (χ1v) is 8.28. The molecule has 4 N–H and O–H groups in total. The van der Waals surface area contributed by atoms with Crippen molar-refractivity contribution in [2.24, 2.45) is 0 Å². The highest BCUT2D eigenvalue weighted by Gasteiger charge is 1.90.